The van der Waals surface area contributed by atoms with Gasteiger partial charge in [-0.1, -0.05) is 13.8 Å². The van der Waals surface area contributed by atoms with Gasteiger partial charge in [-0.25, -0.2) is 8.78 Å². The van der Waals surface area contributed by atoms with E-state index in [1.165, 1.54) is 12.1 Å². The fraction of sp³-hybridized carbons (Fsp3) is 0.647. The average molecular weight is 299 g/mol. The summed E-state index contributed by atoms with van der Waals surface area (Å²) >= 11 is 0. The first kappa shape index (κ1) is 18.1. The minimum Gasteiger partial charge on any atom is -0.374 e. The van der Waals surface area contributed by atoms with Crippen molar-refractivity contribution in [3.05, 3.63) is 35.4 Å². The highest BCUT2D eigenvalue weighted by atomic mass is 19.1. The summed E-state index contributed by atoms with van der Waals surface area (Å²) in [6.07, 6.45) is 2.20. The number of benzene rings is 1. The van der Waals surface area contributed by atoms with Crippen molar-refractivity contribution in [2.75, 3.05) is 13.2 Å². The van der Waals surface area contributed by atoms with E-state index in [2.05, 4.69) is 19.2 Å². The lowest BCUT2D eigenvalue weighted by molar-refractivity contribution is -0.0551. The van der Waals surface area contributed by atoms with Gasteiger partial charge < -0.3 is 10.1 Å². The molecule has 0 aliphatic carbocycles. The summed E-state index contributed by atoms with van der Waals surface area (Å²) in [5, 5.41) is 3.43. The van der Waals surface area contributed by atoms with Gasteiger partial charge in [0.05, 0.1) is 5.60 Å². The van der Waals surface area contributed by atoms with E-state index in [-0.39, 0.29) is 11.9 Å². The minimum atomic E-state index is -0.407. The Kier molecular flexibility index (Phi) is 7.26. The number of halogens is 2. The molecule has 2 nitrogen and oxygen atoms in total. The standard InChI is InChI=1S/C17H27F2NO/c1-5-10-20-16(17(4,6-2)21-7-3)12-13-11-14(18)8-9-15(13)19/h8-9,11,16,20H,5-7,10,12H2,1-4H3. The van der Waals surface area contributed by atoms with E-state index in [0.29, 0.717) is 18.6 Å². The van der Waals surface area contributed by atoms with Gasteiger partial charge in [0.25, 0.3) is 0 Å². The maximum atomic E-state index is 13.9. The van der Waals surface area contributed by atoms with Crippen LogP contribution in [0.3, 0.4) is 0 Å². The van der Waals surface area contributed by atoms with E-state index in [0.717, 1.165) is 25.5 Å². The third kappa shape index (κ3) is 5.04. The Labute approximate surface area is 126 Å². The van der Waals surface area contributed by atoms with Crippen LogP contribution in [-0.2, 0) is 11.2 Å². The normalized spacial score (nSPS) is 15.7. The van der Waals surface area contributed by atoms with Gasteiger partial charge in [0.15, 0.2) is 0 Å². The van der Waals surface area contributed by atoms with Gasteiger partial charge in [-0.3, -0.25) is 0 Å². The molecule has 0 bridgehead atoms. The van der Waals surface area contributed by atoms with E-state index in [1.807, 2.05) is 13.8 Å². The van der Waals surface area contributed by atoms with Crippen molar-refractivity contribution in [1.29, 1.82) is 0 Å². The third-order valence-electron chi connectivity index (χ3n) is 3.99. The van der Waals surface area contributed by atoms with Gasteiger partial charge >= 0.3 is 0 Å². The zero-order valence-corrected chi connectivity index (χ0v) is 13.5. The predicted octanol–water partition coefficient (Wildman–Crippen LogP) is 4.08. The van der Waals surface area contributed by atoms with E-state index in [9.17, 15) is 8.78 Å². The lowest BCUT2D eigenvalue weighted by Gasteiger charge is -2.37. The molecule has 1 rings (SSSR count). The van der Waals surface area contributed by atoms with Crippen molar-refractivity contribution in [3.8, 4) is 0 Å². The van der Waals surface area contributed by atoms with Gasteiger partial charge in [0.1, 0.15) is 11.6 Å². The summed E-state index contributed by atoms with van der Waals surface area (Å²) in [7, 11) is 0. The van der Waals surface area contributed by atoms with Crippen LogP contribution in [0.2, 0.25) is 0 Å². The molecule has 0 heterocycles. The second kappa shape index (κ2) is 8.44. The predicted molar refractivity (Wildman–Crippen MR) is 82.5 cm³/mol. The number of rotatable bonds is 9. The quantitative estimate of drug-likeness (QED) is 0.742. The molecule has 1 aromatic rings. The largest absolute Gasteiger partial charge is 0.374 e. The van der Waals surface area contributed by atoms with Crippen LogP contribution in [0.4, 0.5) is 8.78 Å². The van der Waals surface area contributed by atoms with Crippen LogP contribution in [0.1, 0.15) is 46.1 Å². The number of nitrogens with one attached hydrogen (secondary N) is 1. The summed E-state index contributed by atoms with van der Waals surface area (Å²) in [5.41, 5.74) is -0.00847. The van der Waals surface area contributed by atoms with Crippen molar-refractivity contribution < 1.29 is 13.5 Å². The fourth-order valence-electron chi connectivity index (χ4n) is 2.52. The Morgan fingerprint density at radius 3 is 2.52 bits per heavy atom. The average Bonchev–Trinajstić information content (AvgIpc) is 2.47. The van der Waals surface area contributed by atoms with E-state index < -0.39 is 11.4 Å². The van der Waals surface area contributed by atoms with Crippen molar-refractivity contribution in [2.45, 2.75) is 58.6 Å². The Hall–Kier alpha value is -1.00. The van der Waals surface area contributed by atoms with E-state index >= 15 is 0 Å². The van der Waals surface area contributed by atoms with Gasteiger partial charge in [-0.05, 0) is 63.4 Å². The molecule has 0 amide bonds. The van der Waals surface area contributed by atoms with Crippen LogP contribution in [0.25, 0.3) is 0 Å². The van der Waals surface area contributed by atoms with Crippen LogP contribution in [-0.4, -0.2) is 24.8 Å². The number of hydrogen-bond acceptors (Lipinski definition) is 2. The Morgan fingerprint density at radius 1 is 1.24 bits per heavy atom. The Morgan fingerprint density at radius 2 is 1.95 bits per heavy atom. The van der Waals surface area contributed by atoms with Crippen molar-refractivity contribution in [3.63, 3.8) is 0 Å². The first-order chi connectivity index (χ1) is 9.96. The molecule has 120 valence electrons. The van der Waals surface area contributed by atoms with Crippen molar-refractivity contribution in [2.24, 2.45) is 0 Å². The SMILES string of the molecule is CCCNC(Cc1cc(F)ccc1F)C(C)(CC)OCC. The van der Waals surface area contributed by atoms with Crippen LogP contribution < -0.4 is 5.32 Å². The smallest absolute Gasteiger partial charge is 0.126 e. The molecule has 21 heavy (non-hydrogen) atoms. The molecule has 2 atom stereocenters. The van der Waals surface area contributed by atoms with E-state index in [1.54, 1.807) is 0 Å². The van der Waals surface area contributed by atoms with Crippen LogP contribution >= 0.6 is 0 Å². The summed E-state index contributed by atoms with van der Waals surface area (Å²) in [4.78, 5) is 0. The van der Waals surface area contributed by atoms with Crippen molar-refractivity contribution >= 4 is 0 Å². The van der Waals surface area contributed by atoms with Gasteiger partial charge in [-0.15, -0.1) is 0 Å². The highest BCUT2D eigenvalue weighted by molar-refractivity contribution is 5.20. The zero-order chi connectivity index (χ0) is 15.9. The summed E-state index contributed by atoms with van der Waals surface area (Å²) in [6.45, 7) is 9.54. The monoisotopic (exact) mass is 299 g/mol. The van der Waals surface area contributed by atoms with Crippen LogP contribution in [0.5, 0.6) is 0 Å². The third-order valence-corrected chi connectivity index (χ3v) is 3.99. The topological polar surface area (TPSA) is 21.3 Å². The molecular formula is C17H27F2NO. The fourth-order valence-corrected chi connectivity index (χ4v) is 2.52. The summed E-state index contributed by atoms with van der Waals surface area (Å²) in [6, 6.07) is 3.55. The zero-order valence-electron chi connectivity index (χ0n) is 13.5. The molecule has 0 aromatic heterocycles. The summed E-state index contributed by atoms with van der Waals surface area (Å²) < 4.78 is 33.2. The number of hydrogen-bond donors (Lipinski definition) is 1. The van der Waals surface area contributed by atoms with Gasteiger partial charge in [0.2, 0.25) is 0 Å². The molecule has 2 unspecified atom stereocenters. The lowest BCUT2D eigenvalue weighted by Crippen LogP contribution is -2.52. The summed E-state index contributed by atoms with van der Waals surface area (Å²) in [5.74, 6) is -0.773. The Bertz CT molecular complexity index is 439. The lowest BCUT2D eigenvalue weighted by atomic mass is 9.87. The highest BCUT2D eigenvalue weighted by Gasteiger charge is 2.33. The van der Waals surface area contributed by atoms with Crippen LogP contribution in [0.15, 0.2) is 18.2 Å². The van der Waals surface area contributed by atoms with Gasteiger partial charge in [0, 0.05) is 12.6 Å². The first-order valence-corrected chi connectivity index (χ1v) is 7.78. The molecule has 1 aromatic carbocycles. The first-order valence-electron chi connectivity index (χ1n) is 7.78. The highest BCUT2D eigenvalue weighted by Crippen LogP contribution is 2.24. The molecule has 1 N–H and O–H groups in total. The van der Waals surface area contributed by atoms with E-state index in [4.69, 9.17) is 4.74 Å². The molecule has 0 aliphatic rings. The maximum Gasteiger partial charge on any atom is 0.126 e. The molecule has 0 saturated carbocycles. The molecule has 0 fully saturated rings. The molecule has 4 heteroatoms. The molecule has 0 aliphatic heterocycles. The number of ether oxygens (including phenoxy) is 1. The van der Waals surface area contributed by atoms with Crippen molar-refractivity contribution in [1.82, 2.24) is 5.32 Å². The molecule has 0 spiro atoms. The molecule has 0 radical (unpaired) electrons. The Balaban J connectivity index is 2.98. The second-order valence-corrected chi connectivity index (χ2v) is 5.55. The molecule has 0 saturated heterocycles. The van der Waals surface area contributed by atoms with Crippen LogP contribution in [0, 0.1) is 11.6 Å². The van der Waals surface area contributed by atoms with Gasteiger partial charge in [-0.2, -0.15) is 0 Å². The second-order valence-electron chi connectivity index (χ2n) is 5.55. The molecular weight excluding hydrogens is 272 g/mol. The minimum absolute atomic E-state index is 0.0568. The maximum absolute atomic E-state index is 13.9.